The van der Waals surface area contributed by atoms with E-state index in [0.29, 0.717) is 0 Å². The molecular formula is C21H18N6. The van der Waals surface area contributed by atoms with Gasteiger partial charge in [-0.3, -0.25) is 14.9 Å². The van der Waals surface area contributed by atoms with Gasteiger partial charge in [-0.1, -0.05) is 12.1 Å². The molecule has 0 unspecified atom stereocenters. The highest BCUT2D eigenvalue weighted by molar-refractivity contribution is 5.73. The predicted molar refractivity (Wildman–Crippen MR) is 103 cm³/mol. The quantitative estimate of drug-likeness (QED) is 0.563. The lowest BCUT2D eigenvalue weighted by atomic mass is 10.1. The highest BCUT2D eigenvalue weighted by atomic mass is 15.1. The van der Waals surface area contributed by atoms with Crippen molar-refractivity contribution in [3.63, 3.8) is 0 Å². The van der Waals surface area contributed by atoms with Crippen LogP contribution in [0.3, 0.4) is 0 Å². The van der Waals surface area contributed by atoms with Crippen LogP contribution in [0, 0.1) is 0 Å². The molecule has 27 heavy (non-hydrogen) atoms. The number of aromatic nitrogens is 5. The van der Waals surface area contributed by atoms with Gasteiger partial charge in [0.1, 0.15) is 0 Å². The van der Waals surface area contributed by atoms with Gasteiger partial charge in [0.05, 0.1) is 28.6 Å². The van der Waals surface area contributed by atoms with E-state index >= 15 is 0 Å². The third-order valence-electron chi connectivity index (χ3n) is 4.82. The van der Waals surface area contributed by atoms with Crippen LogP contribution in [0.2, 0.25) is 0 Å². The zero-order valence-corrected chi connectivity index (χ0v) is 14.8. The SMILES string of the molecule is c1cncc(-c2ncc3c(n2)CCN(Cc2cnc4ccccc4n2)C3)c1. The van der Waals surface area contributed by atoms with Gasteiger partial charge in [-0.15, -0.1) is 0 Å². The minimum atomic E-state index is 0.746. The Kier molecular flexibility index (Phi) is 4.03. The zero-order chi connectivity index (χ0) is 18.1. The summed E-state index contributed by atoms with van der Waals surface area (Å²) < 4.78 is 0. The van der Waals surface area contributed by atoms with Crippen molar-refractivity contribution in [3.05, 3.63) is 78.1 Å². The first-order valence-corrected chi connectivity index (χ1v) is 9.03. The molecule has 0 fully saturated rings. The van der Waals surface area contributed by atoms with Gasteiger partial charge >= 0.3 is 0 Å². The molecule has 0 bridgehead atoms. The predicted octanol–water partition coefficient (Wildman–Crippen LogP) is 3.04. The Balaban J connectivity index is 1.34. The van der Waals surface area contributed by atoms with Crippen molar-refractivity contribution >= 4 is 11.0 Å². The van der Waals surface area contributed by atoms with Crippen molar-refractivity contribution in [2.45, 2.75) is 19.5 Å². The molecule has 0 atom stereocenters. The van der Waals surface area contributed by atoms with Crippen molar-refractivity contribution < 1.29 is 0 Å². The van der Waals surface area contributed by atoms with Gasteiger partial charge < -0.3 is 0 Å². The summed E-state index contributed by atoms with van der Waals surface area (Å²) in [6, 6.07) is 11.9. The number of nitrogens with zero attached hydrogens (tertiary/aromatic N) is 6. The first-order valence-electron chi connectivity index (χ1n) is 9.03. The van der Waals surface area contributed by atoms with Crippen LogP contribution in [0.25, 0.3) is 22.4 Å². The van der Waals surface area contributed by atoms with Crippen molar-refractivity contribution in [2.75, 3.05) is 6.54 Å². The molecule has 0 aliphatic carbocycles. The number of pyridine rings is 1. The normalized spacial score (nSPS) is 14.2. The van der Waals surface area contributed by atoms with Gasteiger partial charge in [0.15, 0.2) is 5.82 Å². The molecule has 0 N–H and O–H groups in total. The maximum absolute atomic E-state index is 4.76. The van der Waals surface area contributed by atoms with E-state index in [0.717, 1.165) is 59.9 Å². The molecule has 6 heteroatoms. The fraction of sp³-hybridized carbons (Fsp3) is 0.190. The van der Waals surface area contributed by atoms with Crippen molar-refractivity contribution in [1.29, 1.82) is 0 Å². The summed E-state index contributed by atoms with van der Waals surface area (Å²) >= 11 is 0. The Hall–Kier alpha value is -3.25. The number of fused-ring (bicyclic) bond motifs is 2. The zero-order valence-electron chi connectivity index (χ0n) is 14.8. The van der Waals surface area contributed by atoms with Crippen molar-refractivity contribution in [1.82, 2.24) is 29.8 Å². The minimum absolute atomic E-state index is 0.746. The van der Waals surface area contributed by atoms with Crippen LogP contribution < -0.4 is 0 Å². The van der Waals surface area contributed by atoms with E-state index < -0.39 is 0 Å². The Morgan fingerprint density at radius 1 is 0.889 bits per heavy atom. The third kappa shape index (κ3) is 3.27. The Morgan fingerprint density at radius 3 is 2.70 bits per heavy atom. The maximum Gasteiger partial charge on any atom is 0.160 e. The summed E-state index contributed by atoms with van der Waals surface area (Å²) in [7, 11) is 0. The topological polar surface area (TPSA) is 67.7 Å². The average Bonchev–Trinajstić information content (AvgIpc) is 2.74. The lowest BCUT2D eigenvalue weighted by Crippen LogP contribution is -2.31. The second-order valence-corrected chi connectivity index (χ2v) is 6.72. The minimum Gasteiger partial charge on any atom is -0.293 e. The Bertz CT molecular complexity index is 1100. The molecule has 6 nitrogen and oxygen atoms in total. The smallest absolute Gasteiger partial charge is 0.160 e. The van der Waals surface area contributed by atoms with Gasteiger partial charge in [0, 0.05) is 55.8 Å². The highest BCUT2D eigenvalue weighted by Gasteiger charge is 2.19. The Morgan fingerprint density at radius 2 is 1.81 bits per heavy atom. The fourth-order valence-electron chi connectivity index (χ4n) is 3.44. The van der Waals surface area contributed by atoms with Gasteiger partial charge in [0.2, 0.25) is 0 Å². The molecule has 0 radical (unpaired) electrons. The lowest BCUT2D eigenvalue weighted by Gasteiger charge is -2.27. The Labute approximate surface area is 157 Å². The summed E-state index contributed by atoms with van der Waals surface area (Å²) in [6.07, 6.45) is 8.29. The number of para-hydroxylation sites is 2. The molecule has 0 saturated heterocycles. The number of rotatable bonds is 3. The van der Waals surface area contributed by atoms with E-state index in [9.17, 15) is 0 Å². The molecule has 0 saturated carbocycles. The summed E-state index contributed by atoms with van der Waals surface area (Å²) in [6.45, 7) is 2.56. The van der Waals surface area contributed by atoms with E-state index in [2.05, 4.69) is 19.9 Å². The number of hydrogen-bond donors (Lipinski definition) is 0. The molecule has 132 valence electrons. The largest absolute Gasteiger partial charge is 0.293 e. The molecule has 3 aromatic heterocycles. The monoisotopic (exact) mass is 354 g/mol. The standard InChI is InChI=1S/C21H18N6/c1-2-6-20-19(5-1)23-12-17(25-20)14-27-9-7-18-16(13-27)11-24-21(26-18)15-4-3-8-22-10-15/h1-6,8,10-12H,7,9,13-14H2. The van der Waals surface area contributed by atoms with Gasteiger partial charge in [0.25, 0.3) is 0 Å². The van der Waals surface area contributed by atoms with E-state index in [4.69, 9.17) is 9.97 Å². The second kappa shape index (κ2) is 6.81. The maximum atomic E-state index is 4.76. The van der Waals surface area contributed by atoms with Gasteiger partial charge in [-0.2, -0.15) is 0 Å². The number of benzene rings is 1. The van der Waals surface area contributed by atoms with Gasteiger partial charge in [-0.05, 0) is 24.3 Å². The highest BCUT2D eigenvalue weighted by Crippen LogP contribution is 2.21. The molecule has 1 aliphatic heterocycles. The molecule has 5 rings (SSSR count). The van der Waals surface area contributed by atoms with Gasteiger partial charge in [-0.25, -0.2) is 15.0 Å². The molecule has 0 spiro atoms. The molecule has 4 heterocycles. The summed E-state index contributed by atoms with van der Waals surface area (Å²) in [5, 5.41) is 0. The summed E-state index contributed by atoms with van der Waals surface area (Å²) in [5.41, 5.74) is 6.13. The first kappa shape index (κ1) is 16.0. The van der Waals surface area contributed by atoms with Crippen LogP contribution in [-0.4, -0.2) is 36.4 Å². The van der Waals surface area contributed by atoms with Crippen molar-refractivity contribution in [3.8, 4) is 11.4 Å². The van der Waals surface area contributed by atoms with Crippen molar-refractivity contribution in [2.24, 2.45) is 0 Å². The van der Waals surface area contributed by atoms with E-state index in [1.54, 1.807) is 12.4 Å². The lowest BCUT2D eigenvalue weighted by molar-refractivity contribution is 0.240. The fourth-order valence-corrected chi connectivity index (χ4v) is 3.44. The van der Waals surface area contributed by atoms with E-state index in [-0.39, 0.29) is 0 Å². The van der Waals surface area contributed by atoms with E-state index in [1.807, 2.05) is 48.8 Å². The van der Waals surface area contributed by atoms with E-state index in [1.165, 1.54) is 5.56 Å². The van der Waals surface area contributed by atoms with Crippen LogP contribution in [0.15, 0.2) is 61.2 Å². The van der Waals surface area contributed by atoms with Crippen LogP contribution in [-0.2, 0) is 19.5 Å². The molecule has 1 aliphatic rings. The first-order chi connectivity index (χ1) is 13.3. The molecule has 1 aromatic carbocycles. The second-order valence-electron chi connectivity index (χ2n) is 6.72. The summed E-state index contributed by atoms with van der Waals surface area (Å²) in [4.78, 5) is 25.1. The van der Waals surface area contributed by atoms with Crippen LogP contribution in [0.1, 0.15) is 17.0 Å². The molecular weight excluding hydrogens is 336 g/mol. The van der Waals surface area contributed by atoms with Crippen LogP contribution >= 0.6 is 0 Å². The van der Waals surface area contributed by atoms with Crippen LogP contribution in [0.5, 0.6) is 0 Å². The van der Waals surface area contributed by atoms with Crippen LogP contribution in [0.4, 0.5) is 0 Å². The third-order valence-corrected chi connectivity index (χ3v) is 4.82. The molecule has 4 aromatic rings. The number of hydrogen-bond acceptors (Lipinski definition) is 6. The summed E-state index contributed by atoms with van der Waals surface area (Å²) in [5.74, 6) is 0.746. The average molecular weight is 354 g/mol. The molecule has 0 amide bonds.